The van der Waals surface area contributed by atoms with Crippen molar-refractivity contribution in [2.75, 3.05) is 26.8 Å². The molecule has 2 aromatic rings. The van der Waals surface area contributed by atoms with Crippen LogP contribution in [-0.4, -0.2) is 53.9 Å². The maximum Gasteiger partial charge on any atom is 0.256 e. The number of ether oxygens (including phenoxy) is 2. The number of rotatable bonds is 3. The molecule has 1 amide bonds. The summed E-state index contributed by atoms with van der Waals surface area (Å²) in [7, 11) is 1.73. The summed E-state index contributed by atoms with van der Waals surface area (Å²) in [4.78, 5) is 15.2. The van der Waals surface area contributed by atoms with E-state index in [4.69, 9.17) is 9.47 Å². The quantitative estimate of drug-likeness (QED) is 0.861. The molecule has 0 radical (unpaired) electrons. The van der Waals surface area contributed by atoms with Crippen molar-refractivity contribution in [1.82, 2.24) is 9.47 Å². The Hall–Kier alpha value is -1.85. The third-order valence-corrected chi connectivity index (χ3v) is 5.84. The summed E-state index contributed by atoms with van der Waals surface area (Å²) in [5.41, 5.74) is 1.71. The van der Waals surface area contributed by atoms with E-state index in [-0.39, 0.29) is 17.6 Å². The molecule has 2 aliphatic heterocycles. The lowest BCUT2D eigenvalue weighted by atomic mass is 9.85. The standard InChI is InChI=1S/C20H26N2O3/c1-3-21-13-16(15-7-4-5-8-17(15)21)19(23)22-11-10-20(9-6-12-25-20)18(14-22)24-2/h4-5,7-8,13,18H,3,6,9-12,14H2,1-2H3/t18-,20-/m0/s1. The molecule has 1 spiro atoms. The maximum absolute atomic E-state index is 13.2. The van der Waals surface area contributed by atoms with Crippen LogP contribution in [0.1, 0.15) is 36.5 Å². The third-order valence-electron chi connectivity index (χ3n) is 5.84. The van der Waals surface area contributed by atoms with E-state index in [1.165, 1.54) is 0 Å². The summed E-state index contributed by atoms with van der Waals surface area (Å²) >= 11 is 0. The van der Waals surface area contributed by atoms with Gasteiger partial charge in [-0.3, -0.25) is 4.79 Å². The van der Waals surface area contributed by atoms with Crippen LogP contribution in [0.5, 0.6) is 0 Å². The van der Waals surface area contributed by atoms with Gasteiger partial charge in [0.2, 0.25) is 0 Å². The van der Waals surface area contributed by atoms with Crippen molar-refractivity contribution in [1.29, 1.82) is 0 Å². The van der Waals surface area contributed by atoms with Gasteiger partial charge in [-0.15, -0.1) is 0 Å². The number of carbonyl (C=O) groups excluding carboxylic acids is 1. The number of hydrogen-bond donors (Lipinski definition) is 0. The van der Waals surface area contributed by atoms with Crippen LogP contribution in [0.25, 0.3) is 10.9 Å². The van der Waals surface area contributed by atoms with E-state index < -0.39 is 0 Å². The number of hydrogen-bond acceptors (Lipinski definition) is 3. The zero-order valence-electron chi connectivity index (χ0n) is 15.0. The summed E-state index contributed by atoms with van der Waals surface area (Å²) < 4.78 is 13.9. The van der Waals surface area contributed by atoms with E-state index >= 15 is 0 Å². The van der Waals surface area contributed by atoms with Crippen molar-refractivity contribution in [3.8, 4) is 0 Å². The largest absolute Gasteiger partial charge is 0.377 e. The van der Waals surface area contributed by atoms with E-state index in [1.807, 2.05) is 29.3 Å². The first kappa shape index (κ1) is 16.6. The highest BCUT2D eigenvalue weighted by Gasteiger charge is 2.47. The Labute approximate surface area is 148 Å². The molecule has 1 aromatic heterocycles. The Morgan fingerprint density at radius 3 is 2.92 bits per heavy atom. The highest BCUT2D eigenvalue weighted by atomic mass is 16.5. The van der Waals surface area contributed by atoms with E-state index in [1.54, 1.807) is 7.11 Å². The average Bonchev–Trinajstić information content (AvgIpc) is 3.27. The molecule has 2 saturated heterocycles. The number of para-hydroxylation sites is 1. The van der Waals surface area contributed by atoms with Crippen LogP contribution in [-0.2, 0) is 16.0 Å². The van der Waals surface area contributed by atoms with Crippen LogP contribution < -0.4 is 0 Å². The minimum atomic E-state index is -0.192. The van der Waals surface area contributed by atoms with Crippen LogP contribution in [0.3, 0.4) is 0 Å². The summed E-state index contributed by atoms with van der Waals surface area (Å²) in [5.74, 6) is 0.0956. The molecule has 134 valence electrons. The second-order valence-corrected chi connectivity index (χ2v) is 7.09. The molecule has 4 rings (SSSR count). The zero-order valence-corrected chi connectivity index (χ0v) is 15.0. The van der Waals surface area contributed by atoms with Crippen molar-refractivity contribution >= 4 is 16.8 Å². The molecule has 0 unspecified atom stereocenters. The molecule has 2 atom stereocenters. The molecule has 25 heavy (non-hydrogen) atoms. The first-order valence-electron chi connectivity index (χ1n) is 9.22. The van der Waals surface area contributed by atoms with Crippen LogP contribution in [0, 0.1) is 0 Å². The molecule has 0 bridgehead atoms. The van der Waals surface area contributed by atoms with Crippen molar-refractivity contribution in [3.63, 3.8) is 0 Å². The molecule has 0 saturated carbocycles. The Kier molecular flexibility index (Phi) is 4.29. The summed E-state index contributed by atoms with van der Waals surface area (Å²) in [6.07, 6.45) is 4.90. The first-order valence-corrected chi connectivity index (χ1v) is 9.22. The molecule has 3 heterocycles. The van der Waals surface area contributed by atoms with Gasteiger partial charge in [-0.05, 0) is 32.3 Å². The summed E-state index contributed by atoms with van der Waals surface area (Å²) in [6.45, 7) is 5.08. The third kappa shape index (κ3) is 2.66. The molecule has 0 N–H and O–H groups in total. The maximum atomic E-state index is 13.2. The lowest BCUT2D eigenvalue weighted by Crippen LogP contribution is -2.57. The summed E-state index contributed by atoms with van der Waals surface area (Å²) in [6, 6.07) is 8.12. The van der Waals surface area contributed by atoms with Crippen LogP contribution in [0.15, 0.2) is 30.5 Å². The average molecular weight is 342 g/mol. The lowest BCUT2D eigenvalue weighted by Gasteiger charge is -2.44. The fourth-order valence-corrected chi connectivity index (χ4v) is 4.44. The fourth-order valence-electron chi connectivity index (χ4n) is 4.44. The minimum absolute atomic E-state index is 0.0489. The van der Waals surface area contributed by atoms with Gasteiger partial charge in [-0.2, -0.15) is 0 Å². The van der Waals surface area contributed by atoms with Crippen molar-refractivity contribution in [2.45, 2.75) is 44.4 Å². The molecule has 0 aliphatic carbocycles. The van der Waals surface area contributed by atoms with E-state index in [0.29, 0.717) is 6.54 Å². The molecule has 1 aromatic carbocycles. The predicted octanol–water partition coefficient (Wildman–Crippen LogP) is 3.07. The number of aryl methyl sites for hydroxylation is 1. The van der Waals surface area contributed by atoms with E-state index in [2.05, 4.69) is 17.6 Å². The normalized spacial score (nSPS) is 26.6. The fraction of sp³-hybridized carbons (Fsp3) is 0.550. The van der Waals surface area contributed by atoms with Gasteiger partial charge in [0.1, 0.15) is 6.10 Å². The minimum Gasteiger partial charge on any atom is -0.377 e. The Balaban J connectivity index is 1.62. The van der Waals surface area contributed by atoms with Gasteiger partial charge in [-0.25, -0.2) is 0 Å². The number of aromatic nitrogens is 1. The van der Waals surface area contributed by atoms with E-state index in [0.717, 1.165) is 55.4 Å². The van der Waals surface area contributed by atoms with Crippen molar-refractivity contribution < 1.29 is 14.3 Å². The van der Waals surface area contributed by atoms with Crippen molar-refractivity contribution in [2.24, 2.45) is 0 Å². The van der Waals surface area contributed by atoms with Crippen LogP contribution in [0.2, 0.25) is 0 Å². The number of nitrogens with zero attached hydrogens (tertiary/aromatic N) is 2. The zero-order chi connectivity index (χ0) is 17.4. The molecule has 2 fully saturated rings. The van der Waals surface area contributed by atoms with E-state index in [9.17, 15) is 4.79 Å². The molecular weight excluding hydrogens is 316 g/mol. The van der Waals surface area contributed by atoms with Crippen molar-refractivity contribution in [3.05, 3.63) is 36.0 Å². The van der Waals surface area contributed by atoms with Crippen LogP contribution in [0.4, 0.5) is 0 Å². The Morgan fingerprint density at radius 2 is 2.20 bits per heavy atom. The second-order valence-electron chi connectivity index (χ2n) is 7.09. The van der Waals surface area contributed by atoms with Gasteiger partial charge in [0.15, 0.2) is 0 Å². The number of piperidine rings is 1. The summed E-state index contributed by atoms with van der Waals surface area (Å²) in [5, 5.41) is 1.03. The van der Waals surface area contributed by atoms with Crippen LogP contribution >= 0.6 is 0 Å². The van der Waals surface area contributed by atoms with Gasteiger partial charge in [0.25, 0.3) is 5.91 Å². The second kappa shape index (κ2) is 6.46. The number of benzene rings is 1. The van der Waals surface area contributed by atoms with Gasteiger partial charge in [0, 0.05) is 50.5 Å². The Bertz CT molecular complexity index is 776. The molecule has 2 aliphatic rings. The van der Waals surface area contributed by atoms with Gasteiger partial charge in [0.05, 0.1) is 11.2 Å². The number of methoxy groups -OCH3 is 1. The smallest absolute Gasteiger partial charge is 0.256 e. The predicted molar refractivity (Wildman–Crippen MR) is 96.8 cm³/mol. The number of fused-ring (bicyclic) bond motifs is 1. The molecule has 5 nitrogen and oxygen atoms in total. The number of amides is 1. The van der Waals surface area contributed by atoms with Gasteiger partial charge >= 0.3 is 0 Å². The number of carbonyl (C=O) groups is 1. The highest BCUT2D eigenvalue weighted by molar-refractivity contribution is 6.07. The monoisotopic (exact) mass is 342 g/mol. The topological polar surface area (TPSA) is 43.7 Å². The molecular formula is C20H26N2O3. The molecule has 5 heteroatoms. The van der Waals surface area contributed by atoms with Gasteiger partial charge in [-0.1, -0.05) is 18.2 Å². The Morgan fingerprint density at radius 1 is 1.36 bits per heavy atom. The highest BCUT2D eigenvalue weighted by Crippen LogP contribution is 2.38. The SMILES string of the molecule is CCn1cc(C(=O)N2CC[C@@]3(CCCO3)[C@@H](OC)C2)c2ccccc21. The van der Waals surface area contributed by atoms with Gasteiger partial charge < -0.3 is 18.9 Å². The first-order chi connectivity index (χ1) is 12.2. The lowest BCUT2D eigenvalue weighted by molar-refractivity contribution is -0.136. The number of likely N-dealkylation sites (tertiary alicyclic amines) is 1.